The van der Waals surface area contributed by atoms with E-state index in [1.165, 1.54) is 11.3 Å². The highest BCUT2D eigenvalue weighted by Crippen LogP contribution is 2.37. The third-order valence-electron chi connectivity index (χ3n) is 3.07. The Morgan fingerprint density at radius 1 is 1.38 bits per heavy atom. The first kappa shape index (κ1) is 8.09. The summed E-state index contributed by atoms with van der Waals surface area (Å²) in [6.45, 7) is 0. The number of nitrogens with zero attached hydrogens (tertiary/aromatic N) is 6. The number of rotatable bonds is 0. The van der Waals surface area contributed by atoms with Crippen LogP contribution in [0.4, 0.5) is 11.6 Å². The molecule has 0 radical (unpaired) electrons. The van der Waals surface area contributed by atoms with Crippen LogP contribution in [0.25, 0.3) is 0 Å². The quantitative estimate of drug-likeness (QED) is 0.603. The van der Waals surface area contributed by atoms with Crippen LogP contribution in [0.2, 0.25) is 0 Å². The second-order valence-corrected chi connectivity index (χ2v) is 4.08. The Labute approximate surface area is 91.4 Å². The van der Waals surface area contributed by atoms with Gasteiger partial charge in [-0.2, -0.15) is 0 Å². The van der Waals surface area contributed by atoms with Crippen molar-refractivity contribution in [2.75, 3.05) is 0 Å². The molecule has 0 fully saturated rings. The maximum atomic E-state index is 4.48. The van der Waals surface area contributed by atoms with Crippen molar-refractivity contribution in [1.29, 1.82) is 0 Å². The molecule has 1 aromatic heterocycles. The zero-order valence-corrected chi connectivity index (χ0v) is 8.78. The smallest absolute Gasteiger partial charge is 0.0615 e. The van der Waals surface area contributed by atoms with Crippen LogP contribution in [0.1, 0.15) is 11.7 Å². The van der Waals surface area contributed by atoms with Crippen LogP contribution < -0.4 is 4.68 Å². The molecule has 0 saturated heterocycles. The molecule has 0 amide bonds. The van der Waals surface area contributed by atoms with E-state index in [4.69, 9.17) is 0 Å². The van der Waals surface area contributed by atoms with Gasteiger partial charge < -0.3 is 0 Å². The number of hydrogen-bond acceptors (Lipinski definition) is 3. The van der Waals surface area contributed by atoms with Gasteiger partial charge in [0.25, 0.3) is 0 Å². The fourth-order valence-electron chi connectivity index (χ4n) is 2.39. The van der Waals surface area contributed by atoms with Crippen molar-refractivity contribution in [1.82, 2.24) is 15.1 Å². The van der Waals surface area contributed by atoms with E-state index in [9.17, 15) is 0 Å². The van der Waals surface area contributed by atoms with Crippen molar-refractivity contribution >= 4 is 11.6 Å². The minimum absolute atomic E-state index is 0.168. The molecule has 0 spiro atoms. The molecule has 2 aromatic rings. The topological polar surface area (TPSA) is 50.0 Å². The summed E-state index contributed by atoms with van der Waals surface area (Å²) in [5.41, 5.74) is 2.49. The fraction of sp³-hybridized carbons (Fsp3) is 0.300. The van der Waals surface area contributed by atoms with E-state index < -0.39 is 0 Å². The Morgan fingerprint density at radius 3 is 3.19 bits per heavy atom. The van der Waals surface area contributed by atoms with Gasteiger partial charge in [0.2, 0.25) is 5.69 Å². The van der Waals surface area contributed by atoms with Gasteiger partial charge in [0.1, 0.15) is 7.05 Å². The lowest BCUT2D eigenvalue weighted by molar-refractivity contribution is -0.871. The summed E-state index contributed by atoms with van der Waals surface area (Å²) in [5, 5.41) is 13.0. The van der Waals surface area contributed by atoms with E-state index in [0.717, 1.165) is 6.42 Å². The molecule has 4 rings (SSSR count). The Morgan fingerprint density at radius 2 is 2.25 bits per heavy atom. The number of tetrazole rings is 1. The van der Waals surface area contributed by atoms with E-state index in [0.29, 0.717) is 5.95 Å². The molecule has 2 aliphatic heterocycles. The van der Waals surface area contributed by atoms with E-state index in [-0.39, 0.29) is 6.17 Å². The molecule has 78 valence electrons. The summed E-state index contributed by atoms with van der Waals surface area (Å²) in [6, 6.07) is 8.32. The highest BCUT2D eigenvalue weighted by atomic mass is 15.7. The second-order valence-electron chi connectivity index (χ2n) is 4.08. The van der Waals surface area contributed by atoms with Crippen LogP contribution >= 0.6 is 0 Å². The van der Waals surface area contributed by atoms with Gasteiger partial charge >= 0.3 is 12.1 Å². The van der Waals surface area contributed by atoms with E-state index in [2.05, 4.69) is 33.6 Å². The molecule has 0 aliphatic carbocycles. The highest BCUT2D eigenvalue weighted by Gasteiger charge is 2.51. The van der Waals surface area contributed by atoms with Crippen LogP contribution in [0.3, 0.4) is 0 Å². The lowest BCUT2D eigenvalue weighted by Gasteiger charge is -1.90. The number of aryl methyl sites for hydroxylation is 1. The Bertz CT molecular complexity index is 626. The van der Waals surface area contributed by atoms with Crippen molar-refractivity contribution in [3.63, 3.8) is 0 Å². The fourth-order valence-corrected chi connectivity index (χ4v) is 2.39. The van der Waals surface area contributed by atoms with Crippen LogP contribution in [-0.2, 0) is 13.5 Å². The zero-order valence-electron chi connectivity index (χ0n) is 8.78. The average Bonchev–Trinajstić information content (AvgIpc) is 2.87. The number of hydrogen-bond donors (Lipinski definition) is 0. The standard InChI is InChI=1S/C10H10N6/c1-14-11-10-12-15-8-5-3-2-4-7(8)6-9(15)16(10)13-14/h2-5,9H,6H2,1H3/q+2. The van der Waals surface area contributed by atoms with Gasteiger partial charge in [-0.05, 0) is 0 Å². The predicted octanol–water partition coefficient (Wildman–Crippen LogP) is 0.599. The van der Waals surface area contributed by atoms with E-state index in [1.54, 1.807) is 4.80 Å². The molecule has 6 heteroatoms. The Hall–Kier alpha value is -2.11. The molecule has 2 aliphatic rings. The molecule has 1 atom stereocenters. The number of azo groups is 2. The van der Waals surface area contributed by atoms with Gasteiger partial charge in [-0.25, -0.2) is 0 Å². The number of fused-ring (bicyclic) bond motifs is 5. The Balaban J connectivity index is 1.94. The molecule has 3 heterocycles. The average molecular weight is 214 g/mol. The maximum Gasteiger partial charge on any atom is 0.504 e. The van der Waals surface area contributed by atoms with Gasteiger partial charge in [0.05, 0.1) is 11.5 Å². The zero-order chi connectivity index (χ0) is 10.7. The maximum absolute atomic E-state index is 4.48. The molecular formula is C10H10N6+2. The summed E-state index contributed by atoms with van der Waals surface area (Å²) >= 11 is 0. The molecule has 16 heavy (non-hydrogen) atoms. The van der Waals surface area contributed by atoms with Gasteiger partial charge in [-0.15, -0.1) is 0 Å². The largest absolute Gasteiger partial charge is 0.504 e. The van der Waals surface area contributed by atoms with Gasteiger partial charge in [0, 0.05) is 21.5 Å². The minimum Gasteiger partial charge on any atom is -0.0615 e. The molecule has 0 bridgehead atoms. The van der Waals surface area contributed by atoms with Crippen molar-refractivity contribution < 1.29 is 9.38 Å². The molecule has 0 N–H and O–H groups in total. The van der Waals surface area contributed by atoms with Crippen molar-refractivity contribution in [3.8, 4) is 0 Å². The normalized spacial score (nSPS) is 20.3. The van der Waals surface area contributed by atoms with Crippen molar-refractivity contribution in [3.05, 3.63) is 29.8 Å². The molecule has 1 unspecified atom stereocenters. The molecule has 1 aromatic carbocycles. The number of aromatic nitrogens is 4. The van der Waals surface area contributed by atoms with Gasteiger partial charge in [0.15, 0.2) is 5.11 Å². The number of benzene rings is 1. The van der Waals surface area contributed by atoms with Crippen LogP contribution in [-0.4, -0.2) is 19.8 Å². The minimum atomic E-state index is 0.168. The summed E-state index contributed by atoms with van der Waals surface area (Å²) in [7, 11) is 1.81. The monoisotopic (exact) mass is 214 g/mol. The predicted molar refractivity (Wildman–Crippen MR) is 52.4 cm³/mol. The van der Waals surface area contributed by atoms with E-state index >= 15 is 0 Å². The summed E-state index contributed by atoms with van der Waals surface area (Å²) in [5.74, 6) is 0.682. The van der Waals surface area contributed by atoms with Crippen LogP contribution in [0.15, 0.2) is 29.4 Å². The van der Waals surface area contributed by atoms with Crippen molar-refractivity contribution in [2.45, 2.75) is 12.6 Å². The van der Waals surface area contributed by atoms with Crippen molar-refractivity contribution in [2.24, 2.45) is 12.2 Å². The van der Waals surface area contributed by atoms with E-state index in [1.807, 2.05) is 22.5 Å². The summed E-state index contributed by atoms with van der Waals surface area (Å²) < 4.78 is 3.88. The summed E-state index contributed by atoms with van der Waals surface area (Å²) in [6.07, 6.45) is 1.11. The second kappa shape index (κ2) is 2.52. The highest BCUT2D eigenvalue weighted by molar-refractivity contribution is 5.42. The third-order valence-corrected chi connectivity index (χ3v) is 3.07. The molecule has 6 nitrogen and oxygen atoms in total. The SMILES string of the molecule is Cn1nc2[n+](n1)C1Cc3ccccc3[N+]1=N2. The lowest BCUT2D eigenvalue weighted by Crippen LogP contribution is -2.42. The van der Waals surface area contributed by atoms with Crippen LogP contribution in [0.5, 0.6) is 0 Å². The Kier molecular flexibility index (Phi) is 1.27. The first-order valence-electron chi connectivity index (χ1n) is 5.25. The summed E-state index contributed by atoms with van der Waals surface area (Å²) in [4.78, 5) is 1.55. The molecule has 0 saturated carbocycles. The number of para-hydroxylation sites is 1. The van der Waals surface area contributed by atoms with Crippen LogP contribution in [0, 0.1) is 0 Å². The first-order valence-corrected chi connectivity index (χ1v) is 5.25. The van der Waals surface area contributed by atoms with Gasteiger partial charge in [-0.1, -0.05) is 27.7 Å². The molecular weight excluding hydrogens is 204 g/mol. The van der Waals surface area contributed by atoms with Gasteiger partial charge in [-0.3, -0.25) is 0 Å². The lowest BCUT2D eigenvalue weighted by atomic mass is 10.1. The first-order chi connectivity index (χ1) is 7.83. The third kappa shape index (κ3) is 0.843.